The van der Waals surface area contributed by atoms with Crippen LogP contribution in [0.1, 0.15) is 0 Å². The molecule has 41 heavy (non-hydrogen) atoms. The summed E-state index contributed by atoms with van der Waals surface area (Å²) in [6, 6.07) is 47.2. The second-order valence-electron chi connectivity index (χ2n) is 10.4. The minimum absolute atomic E-state index is 0.657. The normalized spacial score (nSPS) is 11.9. The van der Waals surface area contributed by atoms with E-state index < -0.39 is 0 Å². The molecule has 1 aliphatic rings. The van der Waals surface area contributed by atoms with Crippen LogP contribution >= 0.6 is 11.3 Å². The Morgan fingerprint density at radius 1 is 0.561 bits per heavy atom. The fraction of sp³-hybridized carbons (Fsp3) is 0. The lowest BCUT2D eigenvalue weighted by Crippen LogP contribution is -2.10. The minimum atomic E-state index is 0.657. The first-order valence-electron chi connectivity index (χ1n) is 13.7. The van der Waals surface area contributed by atoms with E-state index >= 15 is 0 Å². The highest BCUT2D eigenvalue weighted by atomic mass is 32.1. The van der Waals surface area contributed by atoms with E-state index in [9.17, 15) is 0 Å². The van der Waals surface area contributed by atoms with Gasteiger partial charge >= 0.3 is 0 Å². The molecule has 9 rings (SSSR count). The van der Waals surface area contributed by atoms with Crippen molar-refractivity contribution in [1.82, 2.24) is 4.98 Å². The van der Waals surface area contributed by atoms with Crippen LogP contribution in [0.15, 0.2) is 138 Å². The fourth-order valence-corrected chi connectivity index (χ4v) is 7.36. The Balaban J connectivity index is 1.25. The maximum absolute atomic E-state index is 6.41. The Kier molecular flexibility index (Phi) is 4.77. The number of hydrogen-bond acceptors (Lipinski definition) is 4. The number of aromatic nitrogens is 1. The van der Waals surface area contributed by atoms with Crippen molar-refractivity contribution >= 4 is 59.3 Å². The summed E-state index contributed by atoms with van der Waals surface area (Å²) >= 11 is 1.85. The summed E-state index contributed by atoms with van der Waals surface area (Å²) in [5, 5.41) is 4.98. The third kappa shape index (κ3) is 3.35. The second kappa shape index (κ2) is 8.65. The number of fused-ring (bicyclic) bond motifs is 6. The third-order valence-corrected chi connectivity index (χ3v) is 9.17. The molecule has 0 N–H and O–H groups in total. The van der Waals surface area contributed by atoms with Crippen molar-refractivity contribution in [3.05, 3.63) is 133 Å². The van der Waals surface area contributed by atoms with Crippen LogP contribution in [-0.4, -0.2) is 4.98 Å². The van der Waals surface area contributed by atoms with Crippen LogP contribution in [-0.2, 0) is 0 Å². The molecule has 0 unspecified atom stereocenters. The zero-order valence-electron chi connectivity index (χ0n) is 21.9. The van der Waals surface area contributed by atoms with Gasteiger partial charge in [-0.25, -0.2) is 4.98 Å². The molecule has 4 heteroatoms. The van der Waals surface area contributed by atoms with Crippen LogP contribution in [0.3, 0.4) is 0 Å². The molecule has 8 aromatic rings. The van der Waals surface area contributed by atoms with Crippen molar-refractivity contribution in [2.45, 2.75) is 0 Å². The van der Waals surface area contributed by atoms with Gasteiger partial charge in [0.1, 0.15) is 5.69 Å². The first-order chi connectivity index (χ1) is 20.3. The number of para-hydroxylation sites is 1. The Bertz CT molecular complexity index is 2240. The highest BCUT2D eigenvalue weighted by Gasteiger charge is 2.30. The second-order valence-corrected chi connectivity index (χ2v) is 11.5. The summed E-state index contributed by atoms with van der Waals surface area (Å²) in [5.74, 6) is 1.50. The largest absolute Gasteiger partial charge is 0.435 e. The molecule has 6 aromatic carbocycles. The number of anilines is 3. The van der Waals surface area contributed by atoms with Gasteiger partial charge in [0.25, 0.3) is 0 Å². The van der Waals surface area contributed by atoms with E-state index in [1.807, 2.05) is 41.7 Å². The van der Waals surface area contributed by atoms with E-state index in [1.165, 1.54) is 30.9 Å². The molecular weight excluding hydrogens is 520 g/mol. The van der Waals surface area contributed by atoms with Gasteiger partial charge in [-0.15, -0.1) is 11.3 Å². The van der Waals surface area contributed by atoms with E-state index in [0.29, 0.717) is 5.89 Å². The van der Waals surface area contributed by atoms with Gasteiger partial charge in [0.15, 0.2) is 5.76 Å². The molecule has 0 fully saturated rings. The maximum Gasteiger partial charge on any atom is 0.227 e. The van der Waals surface area contributed by atoms with Crippen LogP contribution < -0.4 is 4.90 Å². The summed E-state index contributed by atoms with van der Waals surface area (Å²) in [5.41, 5.74) is 7.50. The highest BCUT2D eigenvalue weighted by Crippen LogP contribution is 2.52. The zero-order chi connectivity index (χ0) is 26.9. The SMILES string of the molecule is c1ccc(-c2nc3c(o2)-c2cccc4c(N(c5ccccc5)c5ccc6c(c5)sc5ccccc56)ccc-3c24)cc1. The van der Waals surface area contributed by atoms with E-state index in [2.05, 4.69) is 108 Å². The van der Waals surface area contributed by atoms with E-state index in [4.69, 9.17) is 9.40 Å². The Hall–Kier alpha value is -5.19. The lowest BCUT2D eigenvalue weighted by Gasteiger charge is -2.27. The van der Waals surface area contributed by atoms with Crippen molar-refractivity contribution in [1.29, 1.82) is 0 Å². The summed E-state index contributed by atoms with van der Waals surface area (Å²) in [6.45, 7) is 0. The number of nitrogens with zero attached hydrogens (tertiary/aromatic N) is 2. The molecule has 0 saturated carbocycles. The molecule has 0 aliphatic heterocycles. The molecule has 2 aromatic heterocycles. The molecule has 192 valence electrons. The molecule has 0 spiro atoms. The summed E-state index contributed by atoms with van der Waals surface area (Å²) in [7, 11) is 0. The first-order valence-corrected chi connectivity index (χ1v) is 14.5. The Morgan fingerprint density at radius 3 is 2.20 bits per heavy atom. The van der Waals surface area contributed by atoms with Gasteiger partial charge in [-0.05, 0) is 54.6 Å². The monoisotopic (exact) mass is 542 g/mol. The van der Waals surface area contributed by atoms with Gasteiger partial charge in [-0.1, -0.05) is 78.9 Å². The van der Waals surface area contributed by atoms with Gasteiger partial charge in [0.2, 0.25) is 5.89 Å². The quantitative estimate of drug-likeness (QED) is 0.221. The Morgan fingerprint density at radius 2 is 1.32 bits per heavy atom. The maximum atomic E-state index is 6.41. The average molecular weight is 543 g/mol. The number of hydrogen-bond donors (Lipinski definition) is 0. The van der Waals surface area contributed by atoms with Crippen molar-refractivity contribution in [2.24, 2.45) is 0 Å². The average Bonchev–Trinajstić information content (AvgIpc) is 3.71. The molecular formula is C37H22N2OS. The van der Waals surface area contributed by atoms with Crippen LogP contribution in [0, 0.1) is 0 Å². The van der Waals surface area contributed by atoms with Crippen molar-refractivity contribution < 1.29 is 4.42 Å². The minimum Gasteiger partial charge on any atom is -0.435 e. The first kappa shape index (κ1) is 22.6. The predicted molar refractivity (Wildman–Crippen MR) is 171 cm³/mol. The molecule has 0 atom stereocenters. The molecule has 0 amide bonds. The van der Waals surface area contributed by atoms with Gasteiger partial charge in [-0.3, -0.25) is 0 Å². The van der Waals surface area contributed by atoms with Gasteiger partial charge < -0.3 is 9.32 Å². The smallest absolute Gasteiger partial charge is 0.227 e. The van der Waals surface area contributed by atoms with Crippen LogP contribution in [0.4, 0.5) is 17.1 Å². The Labute approximate surface area is 240 Å². The number of rotatable bonds is 4. The van der Waals surface area contributed by atoms with E-state index in [1.54, 1.807) is 0 Å². The lowest BCUT2D eigenvalue weighted by molar-refractivity contribution is 0.590. The van der Waals surface area contributed by atoms with E-state index in [-0.39, 0.29) is 0 Å². The zero-order valence-corrected chi connectivity index (χ0v) is 22.7. The fourth-order valence-electron chi connectivity index (χ4n) is 6.22. The predicted octanol–water partition coefficient (Wildman–Crippen LogP) is 11.0. The van der Waals surface area contributed by atoms with Gasteiger partial charge in [0, 0.05) is 59.0 Å². The summed E-state index contributed by atoms with van der Waals surface area (Å²) < 4.78 is 9.01. The topological polar surface area (TPSA) is 29.3 Å². The van der Waals surface area contributed by atoms with Crippen molar-refractivity contribution in [2.75, 3.05) is 4.90 Å². The molecule has 0 radical (unpaired) electrons. The molecule has 1 aliphatic carbocycles. The van der Waals surface area contributed by atoms with Crippen LogP contribution in [0.5, 0.6) is 0 Å². The summed E-state index contributed by atoms with van der Waals surface area (Å²) in [6.07, 6.45) is 0. The van der Waals surface area contributed by atoms with Gasteiger partial charge in [0.05, 0.1) is 5.69 Å². The van der Waals surface area contributed by atoms with Crippen molar-refractivity contribution in [3.63, 3.8) is 0 Å². The number of oxazole rings is 1. The number of thiophene rings is 1. The van der Waals surface area contributed by atoms with Crippen LogP contribution in [0.25, 0.3) is 65.0 Å². The number of benzene rings is 6. The standard InChI is InChI=1S/C37H22N2OS/c1-3-10-23(11-4-1)37-38-35-29-20-21-31(28-15-9-16-30(34(28)29)36(35)40-37)39(24-12-5-2-6-13-24)25-18-19-27-26-14-7-8-17-32(26)41-33(27)22-25/h1-22H. The lowest BCUT2D eigenvalue weighted by atomic mass is 10.0. The molecule has 2 heterocycles. The van der Waals surface area contributed by atoms with Crippen LogP contribution in [0.2, 0.25) is 0 Å². The van der Waals surface area contributed by atoms with E-state index in [0.717, 1.165) is 45.2 Å². The van der Waals surface area contributed by atoms with Crippen molar-refractivity contribution in [3.8, 4) is 34.0 Å². The molecule has 0 bridgehead atoms. The third-order valence-electron chi connectivity index (χ3n) is 8.04. The van der Waals surface area contributed by atoms with Gasteiger partial charge in [-0.2, -0.15) is 0 Å². The summed E-state index contributed by atoms with van der Waals surface area (Å²) in [4.78, 5) is 7.34. The highest BCUT2D eigenvalue weighted by molar-refractivity contribution is 7.25. The molecule has 0 saturated heterocycles. The molecule has 3 nitrogen and oxygen atoms in total.